The number of benzene rings is 1. The molecule has 1 unspecified atom stereocenters. The largest absolute Gasteiger partial charge is 0.313 e. The molecule has 0 heterocycles. The van der Waals surface area contributed by atoms with Gasteiger partial charge in [0, 0.05) is 9.61 Å². The van der Waals surface area contributed by atoms with Crippen molar-refractivity contribution >= 4 is 22.6 Å². The SMILES string of the molecule is CCCNC(Cc1ccc(I)cc1)C1CCC(C)CC1. The molecule has 1 aliphatic rings. The fourth-order valence-electron chi connectivity index (χ4n) is 3.30. The van der Waals surface area contributed by atoms with Crippen molar-refractivity contribution in [1.29, 1.82) is 0 Å². The fourth-order valence-corrected chi connectivity index (χ4v) is 3.66. The van der Waals surface area contributed by atoms with Crippen molar-refractivity contribution in [3.05, 3.63) is 33.4 Å². The minimum Gasteiger partial charge on any atom is -0.313 e. The summed E-state index contributed by atoms with van der Waals surface area (Å²) < 4.78 is 1.33. The van der Waals surface area contributed by atoms with E-state index in [1.54, 1.807) is 0 Å². The molecule has 0 radical (unpaired) electrons. The number of nitrogens with one attached hydrogen (secondary N) is 1. The molecule has 2 rings (SSSR count). The van der Waals surface area contributed by atoms with Crippen LogP contribution in [0.1, 0.15) is 51.5 Å². The lowest BCUT2D eigenvalue weighted by Crippen LogP contribution is -2.40. The summed E-state index contributed by atoms with van der Waals surface area (Å²) in [6.07, 6.45) is 8.07. The highest BCUT2D eigenvalue weighted by Crippen LogP contribution is 2.31. The van der Waals surface area contributed by atoms with Crippen LogP contribution in [0.2, 0.25) is 0 Å². The van der Waals surface area contributed by atoms with Crippen LogP contribution in [-0.2, 0) is 6.42 Å². The van der Waals surface area contributed by atoms with Gasteiger partial charge in [0.05, 0.1) is 0 Å². The van der Waals surface area contributed by atoms with Gasteiger partial charge in [0.1, 0.15) is 0 Å². The monoisotopic (exact) mass is 385 g/mol. The Labute approximate surface area is 138 Å². The Balaban J connectivity index is 1.97. The van der Waals surface area contributed by atoms with Crippen molar-refractivity contribution in [3.63, 3.8) is 0 Å². The van der Waals surface area contributed by atoms with E-state index in [0.29, 0.717) is 6.04 Å². The first-order valence-corrected chi connectivity index (χ1v) is 9.24. The zero-order valence-electron chi connectivity index (χ0n) is 12.9. The zero-order chi connectivity index (χ0) is 14.4. The van der Waals surface area contributed by atoms with Gasteiger partial charge in [0.2, 0.25) is 0 Å². The summed E-state index contributed by atoms with van der Waals surface area (Å²) in [6.45, 7) is 5.82. The Morgan fingerprint density at radius 3 is 2.40 bits per heavy atom. The molecular weight excluding hydrogens is 357 g/mol. The van der Waals surface area contributed by atoms with E-state index in [-0.39, 0.29) is 0 Å². The topological polar surface area (TPSA) is 12.0 Å². The molecule has 0 aromatic heterocycles. The van der Waals surface area contributed by atoms with Crippen LogP contribution in [0.3, 0.4) is 0 Å². The first-order chi connectivity index (χ1) is 9.69. The average Bonchev–Trinajstić information content (AvgIpc) is 2.46. The molecule has 0 amide bonds. The first kappa shape index (κ1) is 16.3. The molecule has 1 atom stereocenters. The van der Waals surface area contributed by atoms with Crippen LogP contribution in [0.5, 0.6) is 0 Å². The van der Waals surface area contributed by atoms with Crippen LogP contribution < -0.4 is 5.32 Å². The van der Waals surface area contributed by atoms with Gasteiger partial charge in [0.15, 0.2) is 0 Å². The minimum atomic E-state index is 0.669. The standard InChI is InChI=1S/C18H28IN/c1-3-12-20-18(16-8-4-14(2)5-9-16)13-15-6-10-17(19)11-7-15/h6-7,10-11,14,16,18,20H,3-5,8-9,12-13H2,1-2H3. The lowest BCUT2D eigenvalue weighted by molar-refractivity contribution is 0.229. The molecular formula is C18H28IN. The third kappa shape index (κ3) is 5.03. The maximum atomic E-state index is 3.82. The summed E-state index contributed by atoms with van der Waals surface area (Å²) in [5.74, 6) is 1.81. The highest BCUT2D eigenvalue weighted by molar-refractivity contribution is 14.1. The van der Waals surface area contributed by atoms with Crippen LogP contribution in [0.4, 0.5) is 0 Å². The van der Waals surface area contributed by atoms with E-state index in [0.717, 1.165) is 18.4 Å². The number of hydrogen-bond acceptors (Lipinski definition) is 1. The van der Waals surface area contributed by atoms with Gasteiger partial charge in [0.25, 0.3) is 0 Å². The van der Waals surface area contributed by atoms with Crippen molar-refractivity contribution in [1.82, 2.24) is 5.32 Å². The molecule has 1 aromatic carbocycles. The summed E-state index contributed by atoms with van der Waals surface area (Å²) in [6, 6.07) is 9.73. The Hall–Kier alpha value is -0.0900. The highest BCUT2D eigenvalue weighted by Gasteiger charge is 2.25. The van der Waals surface area contributed by atoms with E-state index in [9.17, 15) is 0 Å². The van der Waals surface area contributed by atoms with Crippen LogP contribution >= 0.6 is 22.6 Å². The average molecular weight is 385 g/mol. The van der Waals surface area contributed by atoms with E-state index < -0.39 is 0 Å². The number of rotatable bonds is 6. The molecule has 2 heteroatoms. The van der Waals surface area contributed by atoms with Crippen molar-refractivity contribution in [3.8, 4) is 0 Å². The fraction of sp³-hybridized carbons (Fsp3) is 0.667. The van der Waals surface area contributed by atoms with Gasteiger partial charge in [-0.2, -0.15) is 0 Å². The molecule has 1 saturated carbocycles. The van der Waals surface area contributed by atoms with Gasteiger partial charge >= 0.3 is 0 Å². The molecule has 1 aliphatic carbocycles. The van der Waals surface area contributed by atoms with Gasteiger partial charge in [-0.15, -0.1) is 0 Å². The highest BCUT2D eigenvalue weighted by atomic mass is 127. The number of halogens is 1. The summed E-state index contributed by atoms with van der Waals surface area (Å²) in [5, 5.41) is 3.82. The first-order valence-electron chi connectivity index (χ1n) is 8.17. The minimum absolute atomic E-state index is 0.669. The van der Waals surface area contributed by atoms with E-state index in [1.807, 2.05) is 0 Å². The van der Waals surface area contributed by atoms with Gasteiger partial charge in [-0.25, -0.2) is 0 Å². The lowest BCUT2D eigenvalue weighted by Gasteiger charge is -2.33. The van der Waals surface area contributed by atoms with Gasteiger partial charge in [-0.1, -0.05) is 38.8 Å². The summed E-state index contributed by atoms with van der Waals surface area (Å²) in [7, 11) is 0. The Bertz CT molecular complexity index is 379. The van der Waals surface area contributed by atoms with E-state index in [4.69, 9.17) is 0 Å². The second-order valence-corrected chi connectivity index (χ2v) is 7.66. The molecule has 20 heavy (non-hydrogen) atoms. The zero-order valence-corrected chi connectivity index (χ0v) is 15.0. The van der Waals surface area contributed by atoms with Crippen molar-refractivity contribution in [2.24, 2.45) is 11.8 Å². The Morgan fingerprint density at radius 2 is 1.80 bits per heavy atom. The molecule has 0 aliphatic heterocycles. The molecule has 0 spiro atoms. The molecule has 1 nitrogen and oxygen atoms in total. The molecule has 1 N–H and O–H groups in total. The quantitative estimate of drug-likeness (QED) is 0.678. The van der Waals surface area contributed by atoms with Crippen molar-refractivity contribution in [2.75, 3.05) is 6.54 Å². The molecule has 112 valence electrons. The van der Waals surface area contributed by atoms with Crippen LogP contribution in [0.25, 0.3) is 0 Å². The Kier molecular flexibility index (Phi) is 6.82. The van der Waals surface area contributed by atoms with Crippen LogP contribution in [0, 0.1) is 15.4 Å². The smallest absolute Gasteiger partial charge is 0.0136 e. The third-order valence-electron chi connectivity index (χ3n) is 4.65. The lowest BCUT2D eigenvalue weighted by atomic mass is 9.77. The van der Waals surface area contributed by atoms with Crippen LogP contribution in [-0.4, -0.2) is 12.6 Å². The predicted molar refractivity (Wildman–Crippen MR) is 96.1 cm³/mol. The van der Waals surface area contributed by atoms with Crippen LogP contribution in [0.15, 0.2) is 24.3 Å². The summed E-state index contributed by atoms with van der Waals surface area (Å²) in [5.41, 5.74) is 1.48. The second kappa shape index (κ2) is 8.38. The molecule has 0 bridgehead atoms. The van der Waals surface area contributed by atoms with E-state index >= 15 is 0 Å². The van der Waals surface area contributed by atoms with Crippen molar-refractivity contribution in [2.45, 2.75) is 58.4 Å². The molecule has 1 aromatic rings. The maximum absolute atomic E-state index is 3.82. The van der Waals surface area contributed by atoms with E-state index in [1.165, 1.54) is 47.7 Å². The van der Waals surface area contributed by atoms with Gasteiger partial charge in [-0.3, -0.25) is 0 Å². The predicted octanol–water partition coefficient (Wildman–Crippen LogP) is 5.03. The maximum Gasteiger partial charge on any atom is 0.0136 e. The molecule has 0 saturated heterocycles. The Morgan fingerprint density at radius 1 is 1.15 bits per heavy atom. The summed E-state index contributed by atoms with van der Waals surface area (Å²) >= 11 is 2.38. The molecule has 1 fully saturated rings. The number of hydrogen-bond donors (Lipinski definition) is 1. The summed E-state index contributed by atoms with van der Waals surface area (Å²) in [4.78, 5) is 0. The van der Waals surface area contributed by atoms with Gasteiger partial charge in [-0.05, 0) is 84.4 Å². The van der Waals surface area contributed by atoms with Crippen molar-refractivity contribution < 1.29 is 0 Å². The normalized spacial score (nSPS) is 24.6. The third-order valence-corrected chi connectivity index (χ3v) is 5.37. The second-order valence-electron chi connectivity index (χ2n) is 6.41. The van der Waals surface area contributed by atoms with E-state index in [2.05, 4.69) is 66.0 Å². The van der Waals surface area contributed by atoms with Gasteiger partial charge < -0.3 is 5.32 Å².